The number of carbonyl (C=O) groups is 3. The van der Waals surface area contributed by atoms with Crippen LogP contribution in [-0.2, 0) is 14.4 Å². The molecule has 0 heterocycles. The number of nitrogens with one attached hydrogen (secondary N) is 1. The highest BCUT2D eigenvalue weighted by Gasteiger charge is 2.43. The van der Waals surface area contributed by atoms with Gasteiger partial charge in [-0.25, -0.2) is 0 Å². The maximum atomic E-state index is 12.9. The molecule has 8 nitrogen and oxygen atoms in total. The molecule has 1 N–H and O–H groups in total. The number of ether oxygens (including phenoxy) is 4. The number of hydrogen-bond acceptors (Lipinski definition) is 7. The summed E-state index contributed by atoms with van der Waals surface area (Å²) >= 11 is 0. The zero-order valence-electron chi connectivity index (χ0n) is 18.1. The molecule has 1 fully saturated rings. The average Bonchev–Trinajstić information content (AvgIpc) is 3.06. The van der Waals surface area contributed by atoms with Crippen LogP contribution in [-0.4, -0.2) is 45.9 Å². The van der Waals surface area contributed by atoms with Crippen molar-refractivity contribution in [1.82, 2.24) is 0 Å². The topological polar surface area (TPSA) is 100 Å². The fourth-order valence-electron chi connectivity index (χ4n) is 3.99. The normalized spacial score (nSPS) is 18.0. The van der Waals surface area contributed by atoms with Crippen molar-refractivity contribution in [2.75, 3.05) is 33.8 Å². The number of hydrogen-bond donors (Lipinski definition) is 1. The van der Waals surface area contributed by atoms with Gasteiger partial charge in [-0.3, -0.25) is 14.4 Å². The molecule has 0 aromatic heterocycles. The first kappa shape index (κ1) is 22.1. The van der Waals surface area contributed by atoms with E-state index in [0.717, 1.165) is 5.56 Å². The Morgan fingerprint density at radius 3 is 2.00 bits per heavy atom. The maximum Gasteiger partial charge on any atom is 0.221 e. The Hall–Kier alpha value is -3.55. The van der Waals surface area contributed by atoms with Crippen LogP contribution in [0.4, 0.5) is 5.69 Å². The molecule has 1 aliphatic rings. The second kappa shape index (κ2) is 9.07. The van der Waals surface area contributed by atoms with Gasteiger partial charge < -0.3 is 24.3 Å². The minimum absolute atomic E-state index is 0.0615. The molecule has 2 aromatic rings. The molecule has 31 heavy (non-hydrogen) atoms. The van der Waals surface area contributed by atoms with E-state index in [1.807, 2.05) is 0 Å². The van der Waals surface area contributed by atoms with Crippen molar-refractivity contribution < 1.29 is 33.3 Å². The zero-order chi connectivity index (χ0) is 22.7. The van der Waals surface area contributed by atoms with Gasteiger partial charge in [0.1, 0.15) is 5.75 Å². The summed E-state index contributed by atoms with van der Waals surface area (Å²) in [6.45, 7) is 1.40. The second-order valence-corrected chi connectivity index (χ2v) is 7.18. The lowest BCUT2D eigenvalue weighted by molar-refractivity contribution is -0.134. The van der Waals surface area contributed by atoms with Crippen molar-refractivity contribution in [2.24, 2.45) is 0 Å². The van der Waals surface area contributed by atoms with Crippen molar-refractivity contribution in [3.8, 4) is 23.0 Å². The third kappa shape index (κ3) is 4.19. The summed E-state index contributed by atoms with van der Waals surface area (Å²) in [7, 11) is 5.97. The number of rotatable bonds is 7. The predicted molar refractivity (Wildman–Crippen MR) is 114 cm³/mol. The summed E-state index contributed by atoms with van der Waals surface area (Å²) in [6.07, 6.45) is 0.0615. The molecule has 1 aliphatic carbocycles. The minimum Gasteiger partial charge on any atom is -0.495 e. The van der Waals surface area contributed by atoms with Crippen LogP contribution in [0.3, 0.4) is 0 Å². The molecule has 164 valence electrons. The molecule has 2 atom stereocenters. The lowest BCUT2D eigenvalue weighted by Gasteiger charge is -2.22. The smallest absolute Gasteiger partial charge is 0.221 e. The summed E-state index contributed by atoms with van der Waals surface area (Å²) in [5.41, 5.74) is 1.80. The average molecular weight is 427 g/mol. The molecule has 0 radical (unpaired) electrons. The van der Waals surface area contributed by atoms with Crippen molar-refractivity contribution >= 4 is 23.2 Å². The number of ketones is 2. The van der Waals surface area contributed by atoms with Crippen LogP contribution in [0.1, 0.15) is 36.3 Å². The van der Waals surface area contributed by atoms with E-state index in [0.29, 0.717) is 34.2 Å². The van der Waals surface area contributed by atoms with E-state index in [1.54, 1.807) is 30.3 Å². The van der Waals surface area contributed by atoms with Crippen molar-refractivity contribution in [3.63, 3.8) is 0 Å². The molecule has 3 rings (SSSR count). The highest BCUT2D eigenvalue weighted by atomic mass is 16.5. The van der Waals surface area contributed by atoms with Crippen molar-refractivity contribution in [1.29, 1.82) is 0 Å². The standard InChI is InChI=1S/C23H25NO7/c1-12(25)24-16-8-13(6-7-18(16)28-2)15-11-17(26)22(27)21(15)14-9-19(29-3)23(31-5)20(10-14)30-4/h6-10,15,21H,11H2,1-5H3,(H,24,25). The van der Waals surface area contributed by atoms with Crippen molar-refractivity contribution in [2.45, 2.75) is 25.2 Å². The Balaban J connectivity index is 2.11. The largest absolute Gasteiger partial charge is 0.495 e. The monoisotopic (exact) mass is 427 g/mol. The summed E-state index contributed by atoms with van der Waals surface area (Å²) < 4.78 is 21.5. The zero-order valence-corrected chi connectivity index (χ0v) is 18.1. The molecule has 8 heteroatoms. The molecule has 0 aliphatic heterocycles. The molecule has 0 spiro atoms. The molecule has 1 saturated carbocycles. The highest BCUT2D eigenvalue weighted by Crippen LogP contribution is 2.48. The van der Waals surface area contributed by atoms with E-state index in [-0.39, 0.29) is 12.3 Å². The van der Waals surface area contributed by atoms with Gasteiger partial charge in [-0.05, 0) is 35.4 Å². The van der Waals surface area contributed by atoms with Gasteiger partial charge in [0.05, 0.1) is 40.0 Å². The van der Waals surface area contributed by atoms with Gasteiger partial charge in [-0.1, -0.05) is 6.07 Å². The fourth-order valence-corrected chi connectivity index (χ4v) is 3.99. The molecule has 2 unspecified atom stereocenters. The number of amides is 1. The van der Waals surface area contributed by atoms with Gasteiger partial charge >= 0.3 is 0 Å². The Labute approximate surface area is 180 Å². The van der Waals surface area contributed by atoms with Crippen LogP contribution in [0.2, 0.25) is 0 Å². The number of carbonyl (C=O) groups excluding carboxylic acids is 3. The highest BCUT2D eigenvalue weighted by molar-refractivity contribution is 6.41. The minimum atomic E-state index is -0.722. The first-order valence-corrected chi connectivity index (χ1v) is 9.67. The molecule has 2 aromatic carbocycles. The lowest BCUT2D eigenvalue weighted by atomic mass is 9.83. The van der Waals surface area contributed by atoms with Crippen LogP contribution in [0.5, 0.6) is 23.0 Å². The van der Waals surface area contributed by atoms with Crippen LogP contribution in [0, 0.1) is 0 Å². The predicted octanol–water partition coefficient (Wildman–Crippen LogP) is 3.09. The summed E-state index contributed by atoms with van der Waals surface area (Å²) in [6, 6.07) is 8.62. The quantitative estimate of drug-likeness (QED) is 0.678. The summed E-state index contributed by atoms with van der Waals surface area (Å²) in [4.78, 5) is 36.9. The molecule has 0 saturated heterocycles. The summed E-state index contributed by atoms with van der Waals surface area (Å²) in [5, 5.41) is 2.73. The maximum absolute atomic E-state index is 12.9. The van der Waals surface area contributed by atoms with E-state index in [9.17, 15) is 14.4 Å². The number of methoxy groups -OCH3 is 4. The van der Waals surface area contributed by atoms with Gasteiger partial charge in [0.2, 0.25) is 17.4 Å². The molecule has 1 amide bonds. The van der Waals surface area contributed by atoms with E-state index in [4.69, 9.17) is 18.9 Å². The first-order chi connectivity index (χ1) is 14.8. The number of Topliss-reactive ketones (excluding diaryl/α,β-unsaturated/α-hetero) is 2. The Morgan fingerprint density at radius 2 is 1.48 bits per heavy atom. The van der Waals surface area contributed by atoms with Gasteiger partial charge in [-0.2, -0.15) is 0 Å². The lowest BCUT2D eigenvalue weighted by Crippen LogP contribution is -2.15. The van der Waals surface area contributed by atoms with Gasteiger partial charge in [0, 0.05) is 19.3 Å². The number of anilines is 1. The van der Waals surface area contributed by atoms with Gasteiger partial charge in [0.15, 0.2) is 17.3 Å². The Bertz CT molecular complexity index is 1010. The van der Waals surface area contributed by atoms with Crippen LogP contribution < -0.4 is 24.3 Å². The van der Waals surface area contributed by atoms with Crippen LogP contribution in [0.25, 0.3) is 0 Å². The van der Waals surface area contributed by atoms with Gasteiger partial charge in [0.25, 0.3) is 0 Å². The molecular weight excluding hydrogens is 402 g/mol. The summed E-state index contributed by atoms with van der Waals surface area (Å²) in [5.74, 6) is -0.626. The third-order valence-corrected chi connectivity index (χ3v) is 5.37. The Kier molecular flexibility index (Phi) is 6.48. The van der Waals surface area contributed by atoms with Gasteiger partial charge in [-0.15, -0.1) is 0 Å². The van der Waals surface area contributed by atoms with Crippen molar-refractivity contribution in [3.05, 3.63) is 41.5 Å². The Morgan fingerprint density at radius 1 is 0.871 bits per heavy atom. The van der Waals surface area contributed by atoms with E-state index >= 15 is 0 Å². The molecule has 0 bridgehead atoms. The SMILES string of the molecule is COc1ccc(C2CC(=O)C(=O)C2c2cc(OC)c(OC)c(OC)c2)cc1NC(C)=O. The fraction of sp³-hybridized carbons (Fsp3) is 0.348. The second-order valence-electron chi connectivity index (χ2n) is 7.18. The first-order valence-electron chi connectivity index (χ1n) is 9.67. The third-order valence-electron chi connectivity index (χ3n) is 5.37. The number of benzene rings is 2. The van der Waals surface area contributed by atoms with E-state index < -0.39 is 23.4 Å². The van der Waals surface area contributed by atoms with E-state index in [1.165, 1.54) is 35.4 Å². The molecular formula is C23H25NO7. The van der Waals surface area contributed by atoms with Crippen LogP contribution >= 0.6 is 0 Å². The van der Waals surface area contributed by atoms with Crippen LogP contribution in [0.15, 0.2) is 30.3 Å². The van der Waals surface area contributed by atoms with E-state index in [2.05, 4.69) is 5.32 Å².